The minimum absolute atomic E-state index is 0.0890. The summed E-state index contributed by atoms with van der Waals surface area (Å²) in [5.41, 5.74) is -0.266. The molecule has 2 bridgehead atoms. The molecular weight excluding hydrogens is 390 g/mol. The van der Waals surface area contributed by atoms with Crippen LogP contribution in [0.3, 0.4) is 0 Å². The molecule has 0 unspecified atom stereocenters. The van der Waals surface area contributed by atoms with Gasteiger partial charge in [0, 0.05) is 31.7 Å². The predicted octanol–water partition coefficient (Wildman–Crippen LogP) is 2.46. The van der Waals surface area contributed by atoms with Gasteiger partial charge in [0.15, 0.2) is 5.72 Å². The van der Waals surface area contributed by atoms with Crippen LogP contribution in [0.25, 0.3) is 0 Å². The molecule has 1 fully saturated rings. The van der Waals surface area contributed by atoms with E-state index in [-0.39, 0.29) is 12.4 Å². The summed E-state index contributed by atoms with van der Waals surface area (Å²) in [4.78, 5) is 37.7. The van der Waals surface area contributed by atoms with E-state index in [1.807, 2.05) is 48.4 Å². The van der Waals surface area contributed by atoms with Gasteiger partial charge < -0.3 is 23.8 Å². The molecule has 3 rings (SSSR count). The van der Waals surface area contributed by atoms with Crippen molar-refractivity contribution in [2.45, 2.75) is 45.6 Å². The molecule has 5 atom stereocenters. The average molecular weight is 417 g/mol. The number of fused-ring (bicyclic) bond motifs is 2. The van der Waals surface area contributed by atoms with Crippen molar-refractivity contribution in [2.24, 2.45) is 11.8 Å². The molecule has 2 aliphatic heterocycles. The molecule has 8 nitrogen and oxygen atoms in total. The van der Waals surface area contributed by atoms with Crippen LogP contribution in [0.5, 0.6) is 5.75 Å². The lowest BCUT2D eigenvalue weighted by atomic mass is 9.71. The number of Topliss-reactive ketones (excluding diaryl/α,β-unsaturated/α-hetero) is 1. The first-order chi connectivity index (χ1) is 14.2. The fourth-order valence-electron chi connectivity index (χ4n) is 4.41. The molecule has 0 N–H and O–H groups in total. The lowest BCUT2D eigenvalue weighted by molar-refractivity contribution is -0.234. The van der Waals surface area contributed by atoms with Gasteiger partial charge in [0.05, 0.1) is 13.0 Å². The molecule has 1 aromatic rings. The Morgan fingerprint density at radius 3 is 2.30 bits per heavy atom. The fraction of sp³-hybridized carbons (Fsp3) is 0.500. The number of ketones is 1. The molecular formula is C22H27NO7. The molecule has 0 amide bonds. The van der Waals surface area contributed by atoms with Gasteiger partial charge in [-0.05, 0) is 38.1 Å². The van der Waals surface area contributed by atoms with Crippen molar-refractivity contribution in [3.63, 3.8) is 0 Å². The highest BCUT2D eigenvalue weighted by atomic mass is 16.6. The number of esters is 2. The molecule has 0 radical (unpaired) electrons. The van der Waals surface area contributed by atoms with Gasteiger partial charge in [-0.25, -0.2) is 0 Å². The number of hydrogen-bond donors (Lipinski definition) is 0. The Morgan fingerprint density at radius 2 is 1.77 bits per heavy atom. The van der Waals surface area contributed by atoms with Crippen LogP contribution in [0.4, 0.5) is 5.69 Å². The van der Waals surface area contributed by atoms with E-state index in [2.05, 4.69) is 0 Å². The van der Waals surface area contributed by atoms with Gasteiger partial charge in [-0.1, -0.05) is 6.08 Å². The highest BCUT2D eigenvalue weighted by molar-refractivity contribution is 5.82. The van der Waals surface area contributed by atoms with Crippen LogP contribution in [0.2, 0.25) is 0 Å². The third-order valence-corrected chi connectivity index (χ3v) is 5.57. The van der Waals surface area contributed by atoms with Crippen LogP contribution in [0, 0.1) is 11.8 Å². The summed E-state index contributed by atoms with van der Waals surface area (Å²) in [6.45, 7) is 5.84. The summed E-state index contributed by atoms with van der Waals surface area (Å²) in [5, 5.41) is 0. The summed E-state index contributed by atoms with van der Waals surface area (Å²) in [6, 6.07) is 7.38. The van der Waals surface area contributed by atoms with E-state index in [9.17, 15) is 14.4 Å². The maximum Gasteiger partial charge on any atom is 0.303 e. The van der Waals surface area contributed by atoms with Crippen molar-refractivity contribution >= 4 is 23.4 Å². The second-order valence-corrected chi connectivity index (χ2v) is 7.66. The van der Waals surface area contributed by atoms with Gasteiger partial charge in [-0.2, -0.15) is 0 Å². The van der Waals surface area contributed by atoms with Gasteiger partial charge in [-0.15, -0.1) is 0 Å². The Bertz CT molecular complexity index is 850. The first kappa shape index (κ1) is 21.8. The van der Waals surface area contributed by atoms with Gasteiger partial charge in [0.2, 0.25) is 0 Å². The third-order valence-electron chi connectivity index (χ3n) is 5.57. The molecule has 2 aliphatic rings. The SMILES string of the molecule is COc1ccc(N2C=C[C@H]3[C@H](OC(C)=O)[C@@H](COC(C)=O)O[C@]2(C)[C@@H]3C(C)=O)cc1. The predicted molar refractivity (Wildman–Crippen MR) is 108 cm³/mol. The van der Waals surface area contributed by atoms with E-state index >= 15 is 0 Å². The fourth-order valence-corrected chi connectivity index (χ4v) is 4.41. The first-order valence-electron chi connectivity index (χ1n) is 9.78. The van der Waals surface area contributed by atoms with Crippen LogP contribution in [0.1, 0.15) is 27.7 Å². The smallest absolute Gasteiger partial charge is 0.303 e. The molecule has 2 heterocycles. The number of ether oxygens (including phenoxy) is 4. The minimum atomic E-state index is -1.07. The minimum Gasteiger partial charge on any atom is -0.497 e. The van der Waals surface area contributed by atoms with Crippen molar-refractivity contribution in [1.82, 2.24) is 0 Å². The standard InChI is InChI=1S/C22H27NO7/c1-13(24)20-18-10-11-23(16-6-8-17(27-5)9-7-16)22(20,4)30-19(12-28-14(2)25)21(18)29-15(3)26/h6-11,18-21H,12H2,1-5H3/t18-,19-,20-,21+,22-/m1/s1. The van der Waals surface area contributed by atoms with E-state index in [4.69, 9.17) is 18.9 Å². The summed E-state index contributed by atoms with van der Waals surface area (Å²) >= 11 is 0. The Morgan fingerprint density at radius 1 is 1.10 bits per heavy atom. The van der Waals surface area contributed by atoms with Gasteiger partial charge >= 0.3 is 11.9 Å². The Hall–Kier alpha value is -2.87. The number of carbonyl (C=O) groups is 3. The third kappa shape index (κ3) is 4.05. The average Bonchev–Trinajstić information content (AvgIpc) is 2.68. The first-order valence-corrected chi connectivity index (χ1v) is 9.78. The summed E-state index contributed by atoms with van der Waals surface area (Å²) in [7, 11) is 1.59. The molecule has 0 aromatic heterocycles. The van der Waals surface area contributed by atoms with E-state index in [0.29, 0.717) is 5.75 Å². The quantitative estimate of drug-likeness (QED) is 0.652. The summed E-state index contributed by atoms with van der Waals surface area (Å²) in [6.07, 6.45) is 2.21. The van der Waals surface area contributed by atoms with Crippen LogP contribution >= 0.6 is 0 Å². The maximum absolute atomic E-state index is 12.7. The number of methoxy groups -OCH3 is 1. The largest absolute Gasteiger partial charge is 0.497 e. The van der Waals surface area contributed by atoms with Crippen LogP contribution in [0.15, 0.2) is 36.5 Å². The number of hydrogen-bond acceptors (Lipinski definition) is 8. The zero-order chi connectivity index (χ0) is 22.1. The van der Waals surface area contributed by atoms with Crippen LogP contribution in [-0.4, -0.2) is 49.4 Å². The second kappa shape index (κ2) is 8.47. The molecule has 8 heteroatoms. The van der Waals surface area contributed by atoms with Crippen molar-refractivity contribution in [1.29, 1.82) is 0 Å². The van der Waals surface area contributed by atoms with Crippen molar-refractivity contribution in [3.05, 3.63) is 36.5 Å². The van der Waals surface area contributed by atoms with E-state index in [0.717, 1.165) is 5.69 Å². The number of anilines is 1. The Labute approximate surface area is 175 Å². The lowest BCUT2D eigenvalue weighted by Gasteiger charge is -2.56. The summed E-state index contributed by atoms with van der Waals surface area (Å²) < 4.78 is 22.3. The maximum atomic E-state index is 12.7. The number of carbonyl (C=O) groups excluding carboxylic acids is 3. The molecule has 0 saturated carbocycles. The highest BCUT2D eigenvalue weighted by Gasteiger charge is 2.59. The zero-order valence-corrected chi connectivity index (χ0v) is 17.8. The van der Waals surface area contributed by atoms with E-state index in [1.54, 1.807) is 7.11 Å². The molecule has 162 valence electrons. The normalized spacial score (nSPS) is 29.8. The van der Waals surface area contributed by atoms with Crippen LogP contribution < -0.4 is 9.64 Å². The van der Waals surface area contributed by atoms with Gasteiger partial charge in [0.25, 0.3) is 0 Å². The molecule has 30 heavy (non-hydrogen) atoms. The Balaban J connectivity index is 2.04. The summed E-state index contributed by atoms with van der Waals surface area (Å²) in [5.74, 6) is -1.35. The number of rotatable bonds is 6. The Kier molecular flexibility index (Phi) is 6.17. The van der Waals surface area contributed by atoms with Crippen molar-refractivity contribution in [2.75, 3.05) is 18.6 Å². The highest BCUT2D eigenvalue weighted by Crippen LogP contribution is 2.48. The van der Waals surface area contributed by atoms with Gasteiger partial charge in [0.1, 0.15) is 30.3 Å². The molecule has 1 saturated heterocycles. The van der Waals surface area contributed by atoms with E-state index in [1.165, 1.54) is 20.8 Å². The molecule has 0 spiro atoms. The topological polar surface area (TPSA) is 91.4 Å². The molecule has 0 aliphatic carbocycles. The van der Waals surface area contributed by atoms with Crippen LogP contribution in [-0.2, 0) is 28.6 Å². The second-order valence-electron chi connectivity index (χ2n) is 7.66. The number of nitrogens with zero attached hydrogens (tertiary/aromatic N) is 1. The van der Waals surface area contributed by atoms with Crippen molar-refractivity contribution in [3.8, 4) is 5.75 Å². The lowest BCUT2D eigenvalue weighted by Crippen LogP contribution is -2.68. The van der Waals surface area contributed by atoms with Gasteiger partial charge in [-0.3, -0.25) is 14.4 Å². The van der Waals surface area contributed by atoms with Crippen molar-refractivity contribution < 1.29 is 33.3 Å². The molecule has 1 aromatic carbocycles. The monoisotopic (exact) mass is 417 g/mol. The number of benzene rings is 1. The zero-order valence-electron chi connectivity index (χ0n) is 17.8. The van der Waals surface area contributed by atoms with E-state index < -0.39 is 41.7 Å².